The molecular formula is C19H21N3O3. The van der Waals surface area contributed by atoms with Gasteiger partial charge in [0.05, 0.1) is 24.9 Å². The van der Waals surface area contributed by atoms with Crippen molar-refractivity contribution >= 4 is 28.9 Å². The van der Waals surface area contributed by atoms with Crippen LogP contribution in [0.1, 0.15) is 13.3 Å². The highest BCUT2D eigenvalue weighted by molar-refractivity contribution is 6.06. The number of ether oxygens (including phenoxy) is 1. The summed E-state index contributed by atoms with van der Waals surface area (Å²) in [7, 11) is 1.57. The van der Waals surface area contributed by atoms with E-state index >= 15 is 0 Å². The van der Waals surface area contributed by atoms with Gasteiger partial charge in [0.1, 0.15) is 11.8 Å². The number of nitrogens with zero attached hydrogens (tertiary/aromatic N) is 1. The second kappa shape index (κ2) is 7.25. The Kier molecular flexibility index (Phi) is 4.88. The SMILES string of the molecule is CCN1c2ccccc2NC(=O)[C@H]1CC(=O)Nc1cccc(OC)c1. The Balaban J connectivity index is 1.74. The predicted octanol–water partition coefficient (Wildman–Crippen LogP) is 2.87. The number of anilines is 3. The highest BCUT2D eigenvalue weighted by Gasteiger charge is 2.33. The summed E-state index contributed by atoms with van der Waals surface area (Å²) in [5.41, 5.74) is 2.35. The maximum absolute atomic E-state index is 12.5. The first-order valence-electron chi connectivity index (χ1n) is 8.22. The van der Waals surface area contributed by atoms with Crippen LogP contribution in [0, 0.1) is 0 Å². The van der Waals surface area contributed by atoms with Crippen molar-refractivity contribution in [1.82, 2.24) is 0 Å². The van der Waals surface area contributed by atoms with E-state index in [2.05, 4.69) is 10.6 Å². The van der Waals surface area contributed by atoms with Crippen molar-refractivity contribution in [3.63, 3.8) is 0 Å². The fourth-order valence-corrected chi connectivity index (χ4v) is 3.04. The van der Waals surface area contributed by atoms with Gasteiger partial charge in [0.2, 0.25) is 11.8 Å². The second-order valence-corrected chi connectivity index (χ2v) is 5.79. The number of carbonyl (C=O) groups is 2. The number of rotatable bonds is 5. The minimum atomic E-state index is -0.537. The molecule has 0 aliphatic carbocycles. The lowest BCUT2D eigenvalue weighted by Gasteiger charge is -2.37. The molecule has 0 spiro atoms. The van der Waals surface area contributed by atoms with Crippen LogP contribution in [0.15, 0.2) is 48.5 Å². The molecule has 2 aromatic carbocycles. The van der Waals surface area contributed by atoms with E-state index in [-0.39, 0.29) is 18.2 Å². The first-order chi connectivity index (χ1) is 12.1. The molecule has 6 heteroatoms. The lowest BCUT2D eigenvalue weighted by molar-refractivity contribution is -0.122. The number of para-hydroxylation sites is 2. The molecule has 0 unspecified atom stereocenters. The van der Waals surface area contributed by atoms with Crippen molar-refractivity contribution in [2.45, 2.75) is 19.4 Å². The maximum Gasteiger partial charge on any atom is 0.247 e. The Morgan fingerprint density at radius 3 is 2.80 bits per heavy atom. The number of methoxy groups -OCH3 is 1. The van der Waals surface area contributed by atoms with Crippen molar-refractivity contribution in [1.29, 1.82) is 0 Å². The van der Waals surface area contributed by atoms with Crippen LogP contribution in [0.2, 0.25) is 0 Å². The minimum Gasteiger partial charge on any atom is -0.497 e. The van der Waals surface area contributed by atoms with Crippen LogP contribution >= 0.6 is 0 Å². The summed E-state index contributed by atoms with van der Waals surface area (Å²) in [6, 6.07) is 14.2. The average Bonchev–Trinajstić information content (AvgIpc) is 2.62. The molecule has 1 heterocycles. The normalized spacial score (nSPS) is 16.0. The van der Waals surface area contributed by atoms with E-state index in [1.807, 2.05) is 36.1 Å². The van der Waals surface area contributed by atoms with Crippen molar-refractivity contribution in [2.75, 3.05) is 29.2 Å². The van der Waals surface area contributed by atoms with Crippen LogP contribution in [0.25, 0.3) is 0 Å². The zero-order chi connectivity index (χ0) is 17.8. The van der Waals surface area contributed by atoms with Gasteiger partial charge in [-0.05, 0) is 31.2 Å². The largest absolute Gasteiger partial charge is 0.497 e. The molecule has 1 aliphatic heterocycles. The number of nitrogens with one attached hydrogen (secondary N) is 2. The zero-order valence-corrected chi connectivity index (χ0v) is 14.3. The summed E-state index contributed by atoms with van der Waals surface area (Å²) in [5.74, 6) is 0.282. The Bertz CT molecular complexity index is 791. The lowest BCUT2D eigenvalue weighted by atomic mass is 10.0. The Morgan fingerprint density at radius 2 is 2.04 bits per heavy atom. The molecule has 3 rings (SSSR count). The van der Waals surface area contributed by atoms with Gasteiger partial charge in [0.15, 0.2) is 0 Å². The molecule has 6 nitrogen and oxygen atoms in total. The molecule has 25 heavy (non-hydrogen) atoms. The summed E-state index contributed by atoms with van der Waals surface area (Å²) in [4.78, 5) is 26.9. The van der Waals surface area contributed by atoms with Crippen LogP contribution in [0.4, 0.5) is 17.1 Å². The lowest BCUT2D eigenvalue weighted by Crippen LogP contribution is -2.49. The van der Waals surface area contributed by atoms with Crippen LogP contribution < -0.4 is 20.3 Å². The van der Waals surface area contributed by atoms with E-state index in [1.54, 1.807) is 31.4 Å². The summed E-state index contributed by atoms with van der Waals surface area (Å²) in [6.07, 6.45) is 0.0746. The fraction of sp³-hybridized carbons (Fsp3) is 0.263. The van der Waals surface area contributed by atoms with Crippen molar-refractivity contribution in [3.05, 3.63) is 48.5 Å². The van der Waals surface area contributed by atoms with Gasteiger partial charge in [0, 0.05) is 18.3 Å². The molecule has 130 valence electrons. The van der Waals surface area contributed by atoms with Crippen LogP contribution in [0.5, 0.6) is 5.75 Å². The number of fused-ring (bicyclic) bond motifs is 1. The highest BCUT2D eigenvalue weighted by atomic mass is 16.5. The molecule has 2 aromatic rings. The van der Waals surface area contributed by atoms with Gasteiger partial charge in [-0.15, -0.1) is 0 Å². The summed E-state index contributed by atoms with van der Waals surface area (Å²) in [6.45, 7) is 2.61. The van der Waals surface area contributed by atoms with Crippen LogP contribution in [-0.4, -0.2) is 31.5 Å². The monoisotopic (exact) mass is 339 g/mol. The highest BCUT2D eigenvalue weighted by Crippen LogP contribution is 2.32. The van der Waals surface area contributed by atoms with E-state index in [0.717, 1.165) is 11.4 Å². The molecule has 0 saturated heterocycles. The predicted molar refractivity (Wildman–Crippen MR) is 98.1 cm³/mol. The van der Waals surface area contributed by atoms with E-state index in [9.17, 15) is 9.59 Å². The molecule has 0 saturated carbocycles. The number of hydrogen-bond acceptors (Lipinski definition) is 4. The standard InChI is InChI=1S/C19H21N3O3/c1-3-22-16-10-5-4-9-15(16)21-19(24)17(22)12-18(23)20-13-7-6-8-14(11-13)25-2/h4-11,17H,3,12H2,1-2H3,(H,20,23)(H,21,24)/t17-/m1/s1. The van der Waals surface area contributed by atoms with E-state index < -0.39 is 6.04 Å². The molecule has 2 amide bonds. The summed E-state index contributed by atoms with van der Waals surface area (Å²) < 4.78 is 5.15. The molecule has 1 aliphatic rings. The third kappa shape index (κ3) is 3.57. The van der Waals surface area contributed by atoms with Gasteiger partial charge in [-0.1, -0.05) is 18.2 Å². The van der Waals surface area contributed by atoms with Crippen molar-refractivity contribution in [2.24, 2.45) is 0 Å². The molecule has 0 aromatic heterocycles. The van der Waals surface area contributed by atoms with Crippen LogP contribution in [0.3, 0.4) is 0 Å². The zero-order valence-electron chi connectivity index (χ0n) is 14.3. The third-order valence-corrected chi connectivity index (χ3v) is 4.22. The Morgan fingerprint density at radius 1 is 1.24 bits per heavy atom. The number of likely N-dealkylation sites (N-methyl/N-ethyl adjacent to an activating group) is 1. The molecule has 0 fully saturated rings. The quantitative estimate of drug-likeness (QED) is 0.879. The van der Waals surface area contributed by atoms with Gasteiger partial charge < -0.3 is 20.3 Å². The fourth-order valence-electron chi connectivity index (χ4n) is 3.04. The van der Waals surface area contributed by atoms with Gasteiger partial charge in [0.25, 0.3) is 0 Å². The molecule has 0 radical (unpaired) electrons. The molecule has 2 N–H and O–H groups in total. The van der Waals surface area contributed by atoms with Crippen LogP contribution in [-0.2, 0) is 9.59 Å². The Labute approximate surface area is 146 Å². The topological polar surface area (TPSA) is 70.7 Å². The smallest absolute Gasteiger partial charge is 0.247 e. The van der Waals surface area contributed by atoms with Gasteiger partial charge in [-0.2, -0.15) is 0 Å². The number of hydrogen-bond donors (Lipinski definition) is 2. The van der Waals surface area contributed by atoms with E-state index in [4.69, 9.17) is 4.74 Å². The second-order valence-electron chi connectivity index (χ2n) is 5.79. The third-order valence-electron chi connectivity index (χ3n) is 4.22. The van der Waals surface area contributed by atoms with Crippen molar-refractivity contribution in [3.8, 4) is 5.75 Å². The maximum atomic E-state index is 12.5. The molecule has 0 bridgehead atoms. The number of carbonyl (C=O) groups excluding carboxylic acids is 2. The summed E-state index contributed by atoms with van der Waals surface area (Å²) >= 11 is 0. The van der Waals surface area contributed by atoms with Gasteiger partial charge in [-0.3, -0.25) is 9.59 Å². The average molecular weight is 339 g/mol. The number of benzene rings is 2. The van der Waals surface area contributed by atoms with E-state index in [1.165, 1.54) is 0 Å². The molecule has 1 atom stereocenters. The van der Waals surface area contributed by atoms with E-state index in [0.29, 0.717) is 18.0 Å². The molecular weight excluding hydrogens is 318 g/mol. The minimum absolute atomic E-state index is 0.0746. The van der Waals surface area contributed by atoms with Gasteiger partial charge in [-0.25, -0.2) is 0 Å². The number of amides is 2. The Hall–Kier alpha value is -3.02. The van der Waals surface area contributed by atoms with Crippen molar-refractivity contribution < 1.29 is 14.3 Å². The first-order valence-corrected chi connectivity index (χ1v) is 8.22. The summed E-state index contributed by atoms with van der Waals surface area (Å²) in [5, 5.41) is 5.71. The first kappa shape index (κ1) is 16.8. The van der Waals surface area contributed by atoms with Gasteiger partial charge >= 0.3 is 0 Å².